The molecule has 1 aliphatic carbocycles. The molecule has 1 N–H and O–H groups in total. The number of ketones is 1. The largest absolute Gasteiger partial charge is 0.469 e. The first-order chi connectivity index (χ1) is 13.7. The molecule has 1 aromatic heterocycles. The minimum atomic E-state index is -0.306. The van der Waals surface area contributed by atoms with Crippen molar-refractivity contribution in [1.29, 1.82) is 0 Å². The Balaban J connectivity index is 1.60. The van der Waals surface area contributed by atoms with Crippen molar-refractivity contribution < 1.29 is 9.21 Å². The van der Waals surface area contributed by atoms with E-state index in [-0.39, 0.29) is 23.7 Å². The van der Waals surface area contributed by atoms with Crippen LogP contribution in [0.25, 0.3) is 0 Å². The summed E-state index contributed by atoms with van der Waals surface area (Å²) in [6.45, 7) is 0. The Morgan fingerprint density at radius 2 is 1.82 bits per heavy atom. The molecule has 0 spiro atoms. The predicted octanol–water partition coefficient (Wildman–Crippen LogP) is 5.94. The second-order valence-corrected chi connectivity index (χ2v) is 7.79. The van der Waals surface area contributed by atoms with Crippen LogP contribution in [0.4, 0.5) is 11.4 Å². The molecule has 1 fully saturated rings. The second kappa shape index (κ2) is 6.95. The molecule has 0 bridgehead atoms. The van der Waals surface area contributed by atoms with Crippen LogP contribution in [0.2, 0.25) is 5.02 Å². The van der Waals surface area contributed by atoms with Crippen LogP contribution in [0, 0.1) is 5.92 Å². The Labute approximate surface area is 168 Å². The second-order valence-electron chi connectivity index (χ2n) is 7.36. The molecule has 2 aliphatic rings. The molecule has 5 rings (SSSR count). The van der Waals surface area contributed by atoms with Gasteiger partial charge < -0.3 is 9.73 Å². The molecule has 140 valence electrons. The molecule has 28 heavy (non-hydrogen) atoms. The Morgan fingerprint density at radius 3 is 2.61 bits per heavy atom. The van der Waals surface area contributed by atoms with E-state index in [0.29, 0.717) is 17.9 Å². The molecule has 3 aromatic rings. The molecular formula is C23H19ClN2O2. The number of Topliss-reactive ketones (excluding diaryl/α,β-unsaturated/α-hetero) is 1. The number of hydrogen-bond acceptors (Lipinski definition) is 4. The Hall–Kier alpha value is -2.85. The lowest BCUT2D eigenvalue weighted by Gasteiger charge is -2.33. The number of carbonyl (C=O) groups is 1. The third-order valence-electron chi connectivity index (χ3n) is 5.60. The Bertz CT molecular complexity index is 1040. The van der Waals surface area contributed by atoms with Crippen LogP contribution in [0.5, 0.6) is 0 Å². The monoisotopic (exact) mass is 390 g/mol. The van der Waals surface area contributed by atoms with Gasteiger partial charge in [-0.2, -0.15) is 0 Å². The third kappa shape index (κ3) is 3.04. The molecule has 0 amide bonds. The SMILES string of the molecule is O=C1C[C@H](c2ccco2)CC2=Nc3ccccc3N[C@@H](c3ccc(Cl)cc3)[C@@H]12. The van der Waals surface area contributed by atoms with E-state index < -0.39 is 0 Å². The summed E-state index contributed by atoms with van der Waals surface area (Å²) in [5, 5.41) is 4.25. The van der Waals surface area contributed by atoms with Crippen LogP contribution >= 0.6 is 11.6 Å². The molecule has 1 aliphatic heterocycles. The van der Waals surface area contributed by atoms with Crippen molar-refractivity contribution in [2.75, 3.05) is 5.32 Å². The molecule has 2 heterocycles. The van der Waals surface area contributed by atoms with Crippen LogP contribution in [0.1, 0.15) is 36.1 Å². The average Bonchev–Trinajstić information content (AvgIpc) is 3.18. The van der Waals surface area contributed by atoms with E-state index in [1.54, 1.807) is 6.26 Å². The molecule has 4 nitrogen and oxygen atoms in total. The number of fused-ring (bicyclic) bond motifs is 2. The van der Waals surface area contributed by atoms with Crippen molar-refractivity contribution in [1.82, 2.24) is 0 Å². The maximum absolute atomic E-state index is 13.3. The van der Waals surface area contributed by atoms with E-state index in [1.165, 1.54) is 0 Å². The maximum Gasteiger partial charge on any atom is 0.144 e. The van der Waals surface area contributed by atoms with Crippen LogP contribution in [0.3, 0.4) is 0 Å². The lowest BCUT2D eigenvalue weighted by molar-refractivity contribution is -0.122. The highest BCUT2D eigenvalue weighted by molar-refractivity contribution is 6.30. The van der Waals surface area contributed by atoms with Crippen molar-refractivity contribution >= 4 is 34.5 Å². The summed E-state index contributed by atoms with van der Waals surface area (Å²) in [5.74, 6) is 0.767. The number of hydrogen-bond donors (Lipinski definition) is 1. The molecule has 1 saturated carbocycles. The van der Waals surface area contributed by atoms with Crippen molar-refractivity contribution in [2.24, 2.45) is 10.9 Å². The van der Waals surface area contributed by atoms with Crippen molar-refractivity contribution in [3.63, 3.8) is 0 Å². The number of furan rings is 1. The molecule has 2 aromatic carbocycles. The van der Waals surface area contributed by atoms with Gasteiger partial charge in [-0.25, -0.2) is 0 Å². The highest BCUT2D eigenvalue weighted by Crippen LogP contribution is 2.44. The van der Waals surface area contributed by atoms with Gasteiger partial charge in [0.2, 0.25) is 0 Å². The highest BCUT2D eigenvalue weighted by Gasteiger charge is 2.42. The van der Waals surface area contributed by atoms with Crippen LogP contribution in [-0.4, -0.2) is 11.5 Å². The van der Waals surface area contributed by atoms with Gasteiger partial charge >= 0.3 is 0 Å². The van der Waals surface area contributed by atoms with Gasteiger partial charge in [0.05, 0.1) is 29.6 Å². The fourth-order valence-electron chi connectivity index (χ4n) is 4.27. The number of para-hydroxylation sites is 2. The van der Waals surface area contributed by atoms with Gasteiger partial charge in [-0.05, 0) is 48.4 Å². The summed E-state index contributed by atoms with van der Waals surface area (Å²) in [6.07, 6.45) is 2.83. The number of benzene rings is 2. The Kier molecular flexibility index (Phi) is 4.29. The number of anilines is 1. The first-order valence-corrected chi connectivity index (χ1v) is 9.81. The number of carbonyl (C=O) groups excluding carboxylic acids is 1. The van der Waals surface area contributed by atoms with E-state index in [0.717, 1.165) is 28.4 Å². The predicted molar refractivity (Wildman–Crippen MR) is 111 cm³/mol. The molecule has 0 saturated heterocycles. The van der Waals surface area contributed by atoms with E-state index in [9.17, 15) is 4.79 Å². The molecule has 5 heteroatoms. The number of nitrogens with zero attached hydrogens (tertiary/aromatic N) is 1. The summed E-state index contributed by atoms with van der Waals surface area (Å²) < 4.78 is 5.59. The number of nitrogens with one attached hydrogen (secondary N) is 1. The molecule has 3 atom stereocenters. The number of rotatable bonds is 2. The summed E-state index contributed by atoms with van der Waals surface area (Å²) in [5.41, 5.74) is 3.75. The molecule has 0 unspecified atom stereocenters. The van der Waals surface area contributed by atoms with E-state index in [4.69, 9.17) is 21.0 Å². The minimum Gasteiger partial charge on any atom is -0.469 e. The van der Waals surface area contributed by atoms with Crippen molar-refractivity contribution in [2.45, 2.75) is 24.8 Å². The summed E-state index contributed by atoms with van der Waals surface area (Å²) in [4.78, 5) is 18.2. The fraction of sp³-hybridized carbons (Fsp3) is 0.217. The van der Waals surface area contributed by atoms with Crippen LogP contribution < -0.4 is 5.32 Å². The molecular weight excluding hydrogens is 372 g/mol. The van der Waals surface area contributed by atoms with Gasteiger partial charge in [0.1, 0.15) is 11.5 Å². The summed E-state index contributed by atoms with van der Waals surface area (Å²) in [7, 11) is 0. The summed E-state index contributed by atoms with van der Waals surface area (Å²) in [6, 6.07) is 19.3. The van der Waals surface area contributed by atoms with Crippen LogP contribution in [-0.2, 0) is 4.79 Å². The van der Waals surface area contributed by atoms with E-state index >= 15 is 0 Å². The zero-order chi connectivity index (χ0) is 19.1. The van der Waals surface area contributed by atoms with Gasteiger partial charge in [0, 0.05) is 23.1 Å². The van der Waals surface area contributed by atoms with Gasteiger partial charge in [-0.3, -0.25) is 9.79 Å². The fourth-order valence-corrected chi connectivity index (χ4v) is 4.40. The molecule has 0 radical (unpaired) electrons. The minimum absolute atomic E-state index is 0.0358. The quantitative estimate of drug-likeness (QED) is 0.589. The number of aliphatic imine (C=N–C) groups is 1. The van der Waals surface area contributed by atoms with Gasteiger partial charge in [-0.1, -0.05) is 35.9 Å². The standard InChI is InChI=1S/C23H19ClN2O2/c24-16-9-7-14(8-10-16)23-22-19(25-17-4-1-2-5-18(17)26-23)12-15(13-20(22)27)21-6-3-11-28-21/h1-11,15,22-23,26H,12-13H2/t15-,22-,23+/m1/s1. The highest BCUT2D eigenvalue weighted by atomic mass is 35.5. The smallest absolute Gasteiger partial charge is 0.144 e. The first kappa shape index (κ1) is 17.3. The third-order valence-corrected chi connectivity index (χ3v) is 5.85. The van der Waals surface area contributed by atoms with Gasteiger partial charge in [-0.15, -0.1) is 0 Å². The topological polar surface area (TPSA) is 54.6 Å². The summed E-state index contributed by atoms with van der Waals surface area (Å²) >= 11 is 6.08. The lowest BCUT2D eigenvalue weighted by Crippen LogP contribution is -2.38. The van der Waals surface area contributed by atoms with E-state index in [2.05, 4.69) is 5.32 Å². The zero-order valence-corrected chi connectivity index (χ0v) is 15.9. The van der Waals surface area contributed by atoms with E-state index in [1.807, 2.05) is 60.7 Å². The van der Waals surface area contributed by atoms with Crippen LogP contribution in [0.15, 0.2) is 76.3 Å². The number of halogens is 1. The normalized spacial score (nSPS) is 23.8. The van der Waals surface area contributed by atoms with Gasteiger partial charge in [0.15, 0.2) is 0 Å². The maximum atomic E-state index is 13.3. The zero-order valence-electron chi connectivity index (χ0n) is 15.1. The van der Waals surface area contributed by atoms with Crippen molar-refractivity contribution in [3.8, 4) is 0 Å². The average molecular weight is 391 g/mol. The lowest BCUT2D eigenvalue weighted by atomic mass is 9.73. The van der Waals surface area contributed by atoms with Gasteiger partial charge in [0.25, 0.3) is 0 Å². The van der Waals surface area contributed by atoms with Crippen molar-refractivity contribution in [3.05, 3.63) is 83.3 Å². The Morgan fingerprint density at radius 1 is 1.00 bits per heavy atom. The first-order valence-electron chi connectivity index (χ1n) is 9.43.